The molecular formula is C17H19NO3S. The Kier molecular flexibility index (Phi) is 4.88. The summed E-state index contributed by atoms with van der Waals surface area (Å²) in [7, 11) is -3.65. The summed E-state index contributed by atoms with van der Waals surface area (Å²) < 4.78 is 33.0. The lowest BCUT2D eigenvalue weighted by molar-refractivity contribution is 0.365. The zero-order valence-corrected chi connectivity index (χ0v) is 13.5. The molecule has 0 aliphatic carbocycles. The Morgan fingerprint density at radius 1 is 1.09 bits per heavy atom. The Morgan fingerprint density at radius 2 is 1.73 bits per heavy atom. The van der Waals surface area contributed by atoms with Gasteiger partial charge in [-0.05, 0) is 43.7 Å². The Hall–Kier alpha value is -2.27. The van der Waals surface area contributed by atoms with Crippen LogP contribution < -0.4 is 9.46 Å². The minimum absolute atomic E-state index is 0.217. The normalized spacial score (nSPS) is 11.0. The zero-order valence-electron chi connectivity index (χ0n) is 12.7. The van der Waals surface area contributed by atoms with Gasteiger partial charge in [0.15, 0.2) is 0 Å². The lowest BCUT2D eigenvalue weighted by Gasteiger charge is -2.14. The quantitative estimate of drug-likeness (QED) is 0.827. The topological polar surface area (TPSA) is 55.4 Å². The van der Waals surface area contributed by atoms with Gasteiger partial charge in [-0.2, -0.15) is 0 Å². The third kappa shape index (κ3) is 3.89. The van der Waals surface area contributed by atoms with E-state index in [9.17, 15) is 8.42 Å². The molecule has 116 valence electrons. The van der Waals surface area contributed by atoms with Crippen molar-refractivity contribution in [3.05, 3.63) is 66.2 Å². The van der Waals surface area contributed by atoms with Gasteiger partial charge in [0.2, 0.25) is 0 Å². The van der Waals surface area contributed by atoms with Crippen LogP contribution in [-0.2, 0) is 10.0 Å². The predicted octanol–water partition coefficient (Wildman–Crippen LogP) is 3.67. The fourth-order valence-electron chi connectivity index (χ4n) is 1.92. The number of ether oxygens (including phenoxy) is 1. The van der Waals surface area contributed by atoms with Gasteiger partial charge in [-0.1, -0.05) is 36.4 Å². The third-order valence-electron chi connectivity index (χ3n) is 3.07. The summed E-state index contributed by atoms with van der Waals surface area (Å²) in [5.41, 5.74) is 2.36. The lowest BCUT2D eigenvalue weighted by atomic mass is 10.2. The Balaban J connectivity index is 2.34. The van der Waals surface area contributed by atoms with E-state index < -0.39 is 10.0 Å². The van der Waals surface area contributed by atoms with Crippen LogP contribution in [0, 0.1) is 13.8 Å². The molecule has 1 N–H and O–H groups in total. The number of nitrogens with one attached hydrogen (secondary N) is 1. The van der Waals surface area contributed by atoms with Crippen molar-refractivity contribution in [1.29, 1.82) is 0 Å². The first-order chi connectivity index (χ1) is 10.4. The van der Waals surface area contributed by atoms with Gasteiger partial charge in [-0.15, -0.1) is 0 Å². The average molecular weight is 317 g/mol. The molecule has 0 aromatic heterocycles. The monoisotopic (exact) mass is 317 g/mol. The van der Waals surface area contributed by atoms with Crippen LogP contribution in [0.15, 0.2) is 60.0 Å². The van der Waals surface area contributed by atoms with Crippen molar-refractivity contribution in [2.75, 3.05) is 11.3 Å². The van der Waals surface area contributed by atoms with E-state index >= 15 is 0 Å². The van der Waals surface area contributed by atoms with Gasteiger partial charge in [0.25, 0.3) is 10.0 Å². The van der Waals surface area contributed by atoms with E-state index in [0.717, 1.165) is 11.1 Å². The van der Waals surface area contributed by atoms with Crippen molar-refractivity contribution in [1.82, 2.24) is 0 Å². The number of rotatable bonds is 6. The maximum absolute atomic E-state index is 12.5. The van der Waals surface area contributed by atoms with Gasteiger partial charge < -0.3 is 4.74 Å². The summed E-state index contributed by atoms with van der Waals surface area (Å²) in [5.74, 6) is 0.473. The molecule has 2 aromatic carbocycles. The maximum Gasteiger partial charge on any atom is 0.262 e. The van der Waals surface area contributed by atoms with Gasteiger partial charge in [0.1, 0.15) is 12.4 Å². The number of hydrogen-bond acceptors (Lipinski definition) is 3. The highest BCUT2D eigenvalue weighted by Gasteiger charge is 2.16. The molecule has 0 radical (unpaired) electrons. The smallest absolute Gasteiger partial charge is 0.262 e. The van der Waals surface area contributed by atoms with Crippen molar-refractivity contribution < 1.29 is 13.2 Å². The third-order valence-corrected chi connectivity index (χ3v) is 4.45. The zero-order chi connectivity index (χ0) is 16.2. The van der Waals surface area contributed by atoms with Crippen LogP contribution in [0.1, 0.15) is 11.1 Å². The first-order valence-corrected chi connectivity index (χ1v) is 8.34. The number of anilines is 1. The fraction of sp³-hybridized carbons (Fsp3) is 0.176. The molecule has 0 unspecified atom stereocenters. The van der Waals surface area contributed by atoms with Crippen molar-refractivity contribution in [3.8, 4) is 5.75 Å². The molecule has 4 nitrogen and oxygen atoms in total. The molecule has 0 atom stereocenters. The molecule has 22 heavy (non-hydrogen) atoms. The standard InChI is InChI=1S/C17H19NO3S/c1-4-11-21-17-10-7-14(3)12-16(17)18-22(19,20)15-8-5-13(2)6-9-15/h4-10,12,18H,1,11H2,2-3H3. The summed E-state index contributed by atoms with van der Waals surface area (Å²) in [6.45, 7) is 7.70. The molecule has 5 heteroatoms. The van der Waals surface area contributed by atoms with Crippen LogP contribution in [0.2, 0.25) is 0 Å². The van der Waals surface area contributed by atoms with Crippen LogP contribution in [0.25, 0.3) is 0 Å². The van der Waals surface area contributed by atoms with Crippen LogP contribution in [-0.4, -0.2) is 15.0 Å². The molecule has 0 heterocycles. The second-order valence-electron chi connectivity index (χ2n) is 5.02. The van der Waals surface area contributed by atoms with Crippen molar-refractivity contribution in [2.45, 2.75) is 18.7 Å². The fourth-order valence-corrected chi connectivity index (χ4v) is 2.98. The number of hydrogen-bond donors (Lipinski definition) is 1. The van der Waals surface area contributed by atoms with Crippen molar-refractivity contribution in [3.63, 3.8) is 0 Å². The van der Waals surface area contributed by atoms with E-state index in [1.54, 1.807) is 42.5 Å². The molecule has 2 aromatic rings. The van der Waals surface area contributed by atoms with Crippen LogP contribution >= 0.6 is 0 Å². The van der Waals surface area contributed by atoms with E-state index in [-0.39, 0.29) is 4.90 Å². The van der Waals surface area contributed by atoms with Crippen LogP contribution in [0.3, 0.4) is 0 Å². The first kappa shape index (κ1) is 16.1. The summed E-state index contributed by atoms with van der Waals surface area (Å²) in [6, 6.07) is 12.0. The Labute approximate surface area is 131 Å². The average Bonchev–Trinajstić information content (AvgIpc) is 2.46. The molecule has 0 aliphatic rings. The van der Waals surface area contributed by atoms with Gasteiger partial charge >= 0.3 is 0 Å². The van der Waals surface area contributed by atoms with E-state index in [1.807, 2.05) is 19.9 Å². The molecule has 0 spiro atoms. The maximum atomic E-state index is 12.5. The van der Waals surface area contributed by atoms with E-state index in [4.69, 9.17) is 4.74 Å². The largest absolute Gasteiger partial charge is 0.487 e. The van der Waals surface area contributed by atoms with Crippen LogP contribution in [0.5, 0.6) is 5.75 Å². The minimum atomic E-state index is -3.65. The molecule has 0 saturated carbocycles. The highest BCUT2D eigenvalue weighted by molar-refractivity contribution is 7.92. The molecule has 0 aliphatic heterocycles. The van der Waals surface area contributed by atoms with Gasteiger partial charge in [0.05, 0.1) is 10.6 Å². The Bertz CT molecular complexity index is 765. The highest BCUT2D eigenvalue weighted by Crippen LogP contribution is 2.28. The number of sulfonamides is 1. The SMILES string of the molecule is C=CCOc1ccc(C)cc1NS(=O)(=O)c1ccc(C)cc1. The highest BCUT2D eigenvalue weighted by atomic mass is 32.2. The summed E-state index contributed by atoms with van der Waals surface area (Å²) >= 11 is 0. The predicted molar refractivity (Wildman–Crippen MR) is 88.9 cm³/mol. The second-order valence-corrected chi connectivity index (χ2v) is 6.70. The minimum Gasteiger partial charge on any atom is -0.487 e. The van der Waals surface area contributed by atoms with E-state index in [0.29, 0.717) is 18.0 Å². The summed E-state index contributed by atoms with van der Waals surface area (Å²) in [4.78, 5) is 0.217. The summed E-state index contributed by atoms with van der Waals surface area (Å²) in [5, 5.41) is 0. The van der Waals surface area contributed by atoms with E-state index in [1.165, 1.54) is 0 Å². The van der Waals surface area contributed by atoms with Crippen LogP contribution in [0.4, 0.5) is 5.69 Å². The van der Waals surface area contributed by atoms with Crippen molar-refractivity contribution >= 4 is 15.7 Å². The van der Waals surface area contributed by atoms with Crippen molar-refractivity contribution in [2.24, 2.45) is 0 Å². The second kappa shape index (κ2) is 6.66. The Morgan fingerprint density at radius 3 is 2.36 bits per heavy atom. The molecule has 0 amide bonds. The van der Waals surface area contributed by atoms with Gasteiger partial charge in [0, 0.05) is 0 Å². The molecule has 2 rings (SSSR count). The first-order valence-electron chi connectivity index (χ1n) is 6.86. The molecule has 0 saturated heterocycles. The lowest BCUT2D eigenvalue weighted by Crippen LogP contribution is -2.14. The van der Waals surface area contributed by atoms with E-state index in [2.05, 4.69) is 11.3 Å². The number of benzene rings is 2. The molecule has 0 bridgehead atoms. The number of aryl methyl sites for hydroxylation is 2. The summed E-state index contributed by atoms with van der Waals surface area (Å²) in [6.07, 6.45) is 1.61. The molecule has 0 fully saturated rings. The van der Waals surface area contributed by atoms with Gasteiger partial charge in [-0.25, -0.2) is 8.42 Å². The molecular weight excluding hydrogens is 298 g/mol. The van der Waals surface area contributed by atoms with Gasteiger partial charge in [-0.3, -0.25) is 4.72 Å².